The lowest BCUT2D eigenvalue weighted by Gasteiger charge is -2.34. The predicted octanol–water partition coefficient (Wildman–Crippen LogP) is 1.85. The van der Waals surface area contributed by atoms with Crippen LogP contribution in [0.5, 0.6) is 0 Å². The predicted molar refractivity (Wildman–Crippen MR) is 46.5 cm³/mol. The van der Waals surface area contributed by atoms with Crippen LogP contribution >= 0.6 is 0 Å². The van der Waals surface area contributed by atoms with Gasteiger partial charge in [0.2, 0.25) is 0 Å². The van der Waals surface area contributed by atoms with Crippen molar-refractivity contribution in [3.8, 4) is 0 Å². The highest BCUT2D eigenvalue weighted by Crippen LogP contribution is 2.18. The van der Waals surface area contributed by atoms with Crippen LogP contribution in [0.3, 0.4) is 0 Å². The summed E-state index contributed by atoms with van der Waals surface area (Å²) in [6.45, 7) is 4.31. The van der Waals surface area contributed by atoms with Gasteiger partial charge in [-0.05, 0) is 19.3 Å². The van der Waals surface area contributed by atoms with E-state index in [1.807, 2.05) is 0 Å². The van der Waals surface area contributed by atoms with E-state index in [2.05, 4.69) is 11.8 Å². The minimum Gasteiger partial charge on any atom is -0.369 e. The number of hydrogen-bond acceptors (Lipinski definition) is 2. The average molecular weight is 157 g/mol. The molecule has 1 fully saturated rings. The monoisotopic (exact) mass is 157 g/mol. The molecule has 66 valence electrons. The molecule has 1 aliphatic rings. The molecule has 0 aromatic carbocycles. The van der Waals surface area contributed by atoms with Crippen LogP contribution in [-0.4, -0.2) is 31.3 Å². The van der Waals surface area contributed by atoms with E-state index in [1.54, 1.807) is 7.11 Å². The molecule has 0 bridgehead atoms. The van der Waals surface area contributed by atoms with Crippen molar-refractivity contribution in [1.82, 2.24) is 4.90 Å². The van der Waals surface area contributed by atoms with Crippen LogP contribution in [0.4, 0.5) is 0 Å². The van der Waals surface area contributed by atoms with Crippen LogP contribution in [0, 0.1) is 0 Å². The maximum absolute atomic E-state index is 5.14. The SMILES string of the molecule is CCC1CCCCN1COC. The fraction of sp³-hybridized carbons (Fsp3) is 1.00. The van der Waals surface area contributed by atoms with Gasteiger partial charge in [-0.2, -0.15) is 0 Å². The number of methoxy groups -OCH3 is 1. The standard InChI is InChI=1S/C9H19NO/c1-3-9-6-4-5-7-10(9)8-11-2/h9H,3-8H2,1-2H3. The van der Waals surface area contributed by atoms with E-state index < -0.39 is 0 Å². The molecule has 1 saturated heterocycles. The van der Waals surface area contributed by atoms with E-state index in [-0.39, 0.29) is 0 Å². The molecule has 0 aromatic heterocycles. The smallest absolute Gasteiger partial charge is 0.0988 e. The summed E-state index contributed by atoms with van der Waals surface area (Å²) in [7, 11) is 1.78. The molecule has 1 rings (SSSR count). The molecular formula is C9H19NO. The molecule has 2 nitrogen and oxygen atoms in total. The van der Waals surface area contributed by atoms with Gasteiger partial charge in [-0.25, -0.2) is 0 Å². The van der Waals surface area contributed by atoms with Crippen molar-refractivity contribution >= 4 is 0 Å². The van der Waals surface area contributed by atoms with Crippen molar-refractivity contribution < 1.29 is 4.74 Å². The first kappa shape index (κ1) is 9.01. The highest BCUT2D eigenvalue weighted by Gasteiger charge is 2.19. The molecule has 11 heavy (non-hydrogen) atoms. The lowest BCUT2D eigenvalue weighted by atomic mass is 10.0. The Morgan fingerprint density at radius 3 is 2.91 bits per heavy atom. The van der Waals surface area contributed by atoms with Gasteiger partial charge in [0.1, 0.15) is 0 Å². The Balaban J connectivity index is 2.31. The Kier molecular flexibility index (Phi) is 3.87. The largest absolute Gasteiger partial charge is 0.369 e. The number of nitrogens with zero attached hydrogens (tertiary/aromatic N) is 1. The summed E-state index contributed by atoms with van der Waals surface area (Å²) in [5, 5.41) is 0. The average Bonchev–Trinajstić information content (AvgIpc) is 2.06. The Bertz CT molecular complexity index is 104. The third-order valence-electron chi connectivity index (χ3n) is 2.52. The van der Waals surface area contributed by atoms with E-state index in [9.17, 15) is 0 Å². The van der Waals surface area contributed by atoms with Crippen LogP contribution in [0.1, 0.15) is 32.6 Å². The number of rotatable bonds is 3. The first-order valence-corrected chi connectivity index (χ1v) is 4.61. The Labute approximate surface area is 69.5 Å². The van der Waals surface area contributed by atoms with Gasteiger partial charge in [-0.3, -0.25) is 4.90 Å². The van der Waals surface area contributed by atoms with Gasteiger partial charge in [0, 0.05) is 19.7 Å². The van der Waals surface area contributed by atoms with Gasteiger partial charge < -0.3 is 4.74 Å². The second-order valence-electron chi connectivity index (χ2n) is 3.29. The summed E-state index contributed by atoms with van der Waals surface area (Å²) in [5.41, 5.74) is 0. The number of piperidine rings is 1. The molecule has 0 saturated carbocycles. The summed E-state index contributed by atoms with van der Waals surface area (Å²) in [5.74, 6) is 0. The Morgan fingerprint density at radius 2 is 2.27 bits per heavy atom. The maximum atomic E-state index is 5.14. The fourth-order valence-electron chi connectivity index (χ4n) is 1.86. The molecular weight excluding hydrogens is 138 g/mol. The van der Waals surface area contributed by atoms with Crippen LogP contribution in [0.25, 0.3) is 0 Å². The highest BCUT2D eigenvalue weighted by molar-refractivity contribution is 4.73. The topological polar surface area (TPSA) is 12.5 Å². The minimum atomic E-state index is 0.781. The molecule has 0 spiro atoms. The van der Waals surface area contributed by atoms with Crippen molar-refractivity contribution in [1.29, 1.82) is 0 Å². The van der Waals surface area contributed by atoms with E-state index in [0.29, 0.717) is 0 Å². The van der Waals surface area contributed by atoms with Crippen molar-refractivity contribution in [2.45, 2.75) is 38.6 Å². The summed E-state index contributed by atoms with van der Waals surface area (Å²) in [6.07, 6.45) is 5.38. The van der Waals surface area contributed by atoms with Gasteiger partial charge in [0.25, 0.3) is 0 Å². The Morgan fingerprint density at radius 1 is 1.45 bits per heavy atom. The lowest BCUT2D eigenvalue weighted by Crippen LogP contribution is -2.40. The molecule has 1 heterocycles. The Hall–Kier alpha value is -0.0800. The van der Waals surface area contributed by atoms with E-state index in [4.69, 9.17) is 4.74 Å². The van der Waals surface area contributed by atoms with Crippen molar-refractivity contribution in [2.24, 2.45) is 0 Å². The summed E-state index contributed by atoms with van der Waals surface area (Å²) in [4.78, 5) is 2.45. The minimum absolute atomic E-state index is 0.781. The van der Waals surface area contributed by atoms with Crippen LogP contribution < -0.4 is 0 Å². The lowest BCUT2D eigenvalue weighted by molar-refractivity contribution is 0.0141. The van der Waals surface area contributed by atoms with Crippen LogP contribution in [-0.2, 0) is 4.74 Å². The molecule has 1 unspecified atom stereocenters. The zero-order valence-corrected chi connectivity index (χ0v) is 7.68. The molecule has 0 N–H and O–H groups in total. The van der Waals surface area contributed by atoms with Crippen molar-refractivity contribution in [3.05, 3.63) is 0 Å². The summed E-state index contributed by atoms with van der Waals surface area (Å²) >= 11 is 0. The fourth-order valence-corrected chi connectivity index (χ4v) is 1.86. The summed E-state index contributed by atoms with van der Waals surface area (Å²) < 4.78 is 5.14. The first-order valence-electron chi connectivity index (χ1n) is 4.61. The normalized spacial score (nSPS) is 27.3. The molecule has 1 aliphatic heterocycles. The zero-order valence-electron chi connectivity index (χ0n) is 7.68. The van der Waals surface area contributed by atoms with Crippen molar-refractivity contribution in [3.63, 3.8) is 0 Å². The van der Waals surface area contributed by atoms with E-state index in [0.717, 1.165) is 12.8 Å². The zero-order chi connectivity index (χ0) is 8.10. The molecule has 0 radical (unpaired) electrons. The highest BCUT2D eigenvalue weighted by atomic mass is 16.5. The van der Waals surface area contributed by atoms with Crippen LogP contribution in [0.2, 0.25) is 0 Å². The number of likely N-dealkylation sites (tertiary alicyclic amines) is 1. The second kappa shape index (κ2) is 4.73. The number of hydrogen-bond donors (Lipinski definition) is 0. The van der Waals surface area contributed by atoms with Gasteiger partial charge in [-0.15, -0.1) is 0 Å². The third kappa shape index (κ3) is 2.46. The first-order chi connectivity index (χ1) is 5.38. The molecule has 1 atom stereocenters. The van der Waals surface area contributed by atoms with Gasteiger partial charge in [0.05, 0.1) is 6.73 Å². The molecule has 0 amide bonds. The van der Waals surface area contributed by atoms with Gasteiger partial charge in [0.15, 0.2) is 0 Å². The summed E-state index contributed by atoms with van der Waals surface area (Å²) in [6, 6.07) is 0.781. The maximum Gasteiger partial charge on any atom is 0.0988 e. The second-order valence-corrected chi connectivity index (χ2v) is 3.29. The molecule has 0 aromatic rings. The van der Waals surface area contributed by atoms with Gasteiger partial charge >= 0.3 is 0 Å². The van der Waals surface area contributed by atoms with Crippen molar-refractivity contribution in [2.75, 3.05) is 20.4 Å². The third-order valence-corrected chi connectivity index (χ3v) is 2.52. The quantitative estimate of drug-likeness (QED) is 0.620. The van der Waals surface area contributed by atoms with Gasteiger partial charge in [-0.1, -0.05) is 13.3 Å². The molecule has 0 aliphatic carbocycles. The van der Waals surface area contributed by atoms with E-state index >= 15 is 0 Å². The number of ether oxygens (including phenoxy) is 1. The molecule has 2 heteroatoms. The van der Waals surface area contributed by atoms with Crippen LogP contribution in [0.15, 0.2) is 0 Å². The van der Waals surface area contributed by atoms with E-state index in [1.165, 1.54) is 32.2 Å².